The Kier molecular flexibility index (Phi) is 5.94. The minimum atomic E-state index is 1.14. The molecule has 0 amide bonds. The highest BCUT2D eigenvalue weighted by molar-refractivity contribution is 6.21. The van der Waals surface area contributed by atoms with Gasteiger partial charge in [-0.3, -0.25) is 9.97 Å². The summed E-state index contributed by atoms with van der Waals surface area (Å²) in [6.07, 6.45) is 7.65. The Morgan fingerprint density at radius 1 is 0.350 bits per heavy atom. The molecule has 0 aliphatic rings. The number of rotatable bonds is 4. The Morgan fingerprint density at radius 3 is 1.00 bits per heavy atom. The van der Waals surface area contributed by atoms with Crippen molar-refractivity contribution < 1.29 is 0 Å². The number of nitrogens with zero attached hydrogens (tertiary/aromatic N) is 2. The third-order valence-corrected chi connectivity index (χ3v) is 7.70. The lowest BCUT2D eigenvalue weighted by Crippen LogP contribution is -1.91. The van der Waals surface area contributed by atoms with Crippen LogP contribution in [0.1, 0.15) is 11.1 Å². The second-order valence-corrected chi connectivity index (χ2v) is 10.5. The van der Waals surface area contributed by atoms with E-state index in [2.05, 4.69) is 133 Å². The molecule has 0 saturated heterocycles. The van der Waals surface area contributed by atoms with Crippen LogP contribution in [0, 0.1) is 13.8 Å². The maximum Gasteiger partial charge on any atom is 0.0346 e. The van der Waals surface area contributed by atoms with Gasteiger partial charge in [0.2, 0.25) is 0 Å². The van der Waals surface area contributed by atoms with E-state index in [1.165, 1.54) is 54.9 Å². The molecule has 2 heterocycles. The summed E-state index contributed by atoms with van der Waals surface area (Å²) in [4.78, 5) is 8.77. The number of aromatic nitrogens is 2. The quantitative estimate of drug-likeness (QED) is 0.219. The number of benzene rings is 5. The van der Waals surface area contributed by atoms with Gasteiger partial charge in [0.25, 0.3) is 0 Å². The average molecular weight is 513 g/mol. The van der Waals surface area contributed by atoms with Crippen molar-refractivity contribution in [3.05, 3.63) is 145 Å². The maximum atomic E-state index is 4.38. The molecule has 0 fully saturated rings. The largest absolute Gasteiger partial charge is 0.264 e. The number of aryl methyl sites for hydroxylation is 2. The van der Waals surface area contributed by atoms with E-state index in [4.69, 9.17) is 0 Å². The lowest BCUT2D eigenvalue weighted by molar-refractivity contribution is 1.27. The standard InChI is InChI=1S/C38H28N2/c1-25-19-31(23-39-21-25)27-11-15-29(16-12-27)37-33-7-3-5-9-35(33)38(36-10-6-4-8-34(36)37)30-17-13-28(14-18-30)32-20-26(2)22-40-24-32/h3-24H,1-2H3. The van der Waals surface area contributed by atoms with E-state index in [-0.39, 0.29) is 0 Å². The molecule has 2 heteroatoms. The second kappa shape index (κ2) is 9.91. The fourth-order valence-corrected chi connectivity index (χ4v) is 5.83. The Morgan fingerprint density at radius 2 is 0.675 bits per heavy atom. The van der Waals surface area contributed by atoms with Gasteiger partial charge < -0.3 is 0 Å². The number of hydrogen-bond donors (Lipinski definition) is 0. The zero-order chi connectivity index (χ0) is 27.1. The van der Waals surface area contributed by atoms with Crippen molar-refractivity contribution >= 4 is 21.5 Å². The van der Waals surface area contributed by atoms with Crippen molar-refractivity contribution in [3.63, 3.8) is 0 Å². The topological polar surface area (TPSA) is 25.8 Å². The predicted molar refractivity (Wildman–Crippen MR) is 168 cm³/mol. The van der Waals surface area contributed by atoms with Gasteiger partial charge in [0.15, 0.2) is 0 Å². The molecule has 5 aromatic carbocycles. The fraction of sp³-hybridized carbons (Fsp3) is 0.0526. The van der Waals surface area contributed by atoms with E-state index in [0.29, 0.717) is 0 Å². The molecule has 0 N–H and O–H groups in total. The zero-order valence-electron chi connectivity index (χ0n) is 22.6. The monoisotopic (exact) mass is 512 g/mol. The minimum Gasteiger partial charge on any atom is -0.264 e. The lowest BCUT2D eigenvalue weighted by atomic mass is 9.85. The molecule has 0 aliphatic carbocycles. The van der Waals surface area contributed by atoms with Gasteiger partial charge in [-0.15, -0.1) is 0 Å². The molecule has 0 unspecified atom stereocenters. The molecule has 0 atom stereocenters. The van der Waals surface area contributed by atoms with Crippen molar-refractivity contribution in [2.75, 3.05) is 0 Å². The van der Waals surface area contributed by atoms with E-state index in [9.17, 15) is 0 Å². The van der Waals surface area contributed by atoms with Crippen LogP contribution in [0.3, 0.4) is 0 Å². The molecule has 0 spiro atoms. The Balaban J connectivity index is 1.40. The first kappa shape index (κ1) is 24.0. The molecule has 7 rings (SSSR count). The molecule has 0 saturated carbocycles. The molecule has 2 aromatic heterocycles. The second-order valence-electron chi connectivity index (χ2n) is 10.5. The van der Waals surface area contributed by atoms with Gasteiger partial charge in [-0.2, -0.15) is 0 Å². The Labute approximate surface area is 234 Å². The van der Waals surface area contributed by atoms with Crippen molar-refractivity contribution in [1.29, 1.82) is 0 Å². The molecular formula is C38H28N2. The van der Waals surface area contributed by atoms with Crippen LogP contribution in [0.25, 0.3) is 66.1 Å². The summed E-state index contributed by atoms with van der Waals surface area (Å²) >= 11 is 0. The van der Waals surface area contributed by atoms with Crippen LogP contribution >= 0.6 is 0 Å². The molecule has 40 heavy (non-hydrogen) atoms. The normalized spacial score (nSPS) is 11.2. The summed E-state index contributed by atoms with van der Waals surface area (Å²) in [6, 6.07) is 39.8. The van der Waals surface area contributed by atoms with Crippen LogP contribution in [-0.2, 0) is 0 Å². The first-order valence-electron chi connectivity index (χ1n) is 13.6. The molecule has 0 radical (unpaired) electrons. The van der Waals surface area contributed by atoms with Crippen LogP contribution in [0.15, 0.2) is 134 Å². The smallest absolute Gasteiger partial charge is 0.0346 e. The number of fused-ring (bicyclic) bond motifs is 2. The van der Waals surface area contributed by atoms with Gasteiger partial charge >= 0.3 is 0 Å². The highest BCUT2D eigenvalue weighted by Gasteiger charge is 2.16. The molecule has 0 aliphatic heterocycles. The van der Waals surface area contributed by atoms with Crippen molar-refractivity contribution in [3.8, 4) is 44.5 Å². The van der Waals surface area contributed by atoms with Crippen LogP contribution in [0.4, 0.5) is 0 Å². The number of hydrogen-bond acceptors (Lipinski definition) is 2. The highest BCUT2D eigenvalue weighted by atomic mass is 14.6. The molecular weight excluding hydrogens is 484 g/mol. The summed E-state index contributed by atoms with van der Waals surface area (Å²) < 4.78 is 0. The van der Waals surface area contributed by atoms with E-state index < -0.39 is 0 Å². The summed E-state index contributed by atoms with van der Waals surface area (Å²) in [5.41, 5.74) is 11.9. The van der Waals surface area contributed by atoms with Crippen LogP contribution in [0.2, 0.25) is 0 Å². The highest BCUT2D eigenvalue weighted by Crippen LogP contribution is 2.44. The molecule has 190 valence electrons. The van der Waals surface area contributed by atoms with Gasteiger partial charge in [-0.05, 0) is 92.0 Å². The maximum absolute atomic E-state index is 4.38. The van der Waals surface area contributed by atoms with Gasteiger partial charge in [-0.1, -0.05) is 97.1 Å². The first-order valence-corrected chi connectivity index (χ1v) is 13.6. The lowest BCUT2D eigenvalue weighted by Gasteiger charge is -2.18. The summed E-state index contributed by atoms with van der Waals surface area (Å²) in [6.45, 7) is 4.16. The van der Waals surface area contributed by atoms with Crippen LogP contribution in [0.5, 0.6) is 0 Å². The molecule has 2 nitrogen and oxygen atoms in total. The minimum absolute atomic E-state index is 1.14. The number of pyridine rings is 2. The fourth-order valence-electron chi connectivity index (χ4n) is 5.83. The van der Waals surface area contributed by atoms with Gasteiger partial charge in [0.05, 0.1) is 0 Å². The third kappa shape index (κ3) is 4.24. The van der Waals surface area contributed by atoms with Gasteiger partial charge in [0, 0.05) is 35.9 Å². The van der Waals surface area contributed by atoms with Crippen molar-refractivity contribution in [1.82, 2.24) is 9.97 Å². The predicted octanol–water partition coefficient (Wildman–Crippen LogP) is 10.1. The third-order valence-electron chi connectivity index (χ3n) is 7.70. The summed E-state index contributed by atoms with van der Waals surface area (Å²) in [7, 11) is 0. The van der Waals surface area contributed by atoms with E-state index in [0.717, 1.165) is 22.3 Å². The summed E-state index contributed by atoms with van der Waals surface area (Å²) in [5.74, 6) is 0. The first-order chi connectivity index (χ1) is 19.7. The van der Waals surface area contributed by atoms with Gasteiger partial charge in [0.1, 0.15) is 0 Å². The summed E-state index contributed by atoms with van der Waals surface area (Å²) in [5, 5.41) is 5.03. The SMILES string of the molecule is Cc1cncc(-c2ccc(-c3c4ccccc4c(-c4ccc(-c5cncc(C)c5)cc4)c4ccccc34)cc2)c1. The van der Waals surface area contributed by atoms with Crippen LogP contribution < -0.4 is 0 Å². The Hall–Kier alpha value is -5.08. The van der Waals surface area contributed by atoms with Gasteiger partial charge in [-0.25, -0.2) is 0 Å². The average Bonchev–Trinajstić information content (AvgIpc) is 3.00. The van der Waals surface area contributed by atoms with Crippen LogP contribution in [-0.4, -0.2) is 9.97 Å². The van der Waals surface area contributed by atoms with Crippen molar-refractivity contribution in [2.45, 2.75) is 13.8 Å². The van der Waals surface area contributed by atoms with E-state index in [1.54, 1.807) is 0 Å². The zero-order valence-corrected chi connectivity index (χ0v) is 22.6. The van der Waals surface area contributed by atoms with E-state index >= 15 is 0 Å². The Bertz CT molecular complexity index is 1800. The molecule has 7 aromatic rings. The van der Waals surface area contributed by atoms with Crippen molar-refractivity contribution in [2.24, 2.45) is 0 Å². The van der Waals surface area contributed by atoms with E-state index in [1.807, 2.05) is 24.8 Å². The molecule has 0 bridgehead atoms.